The van der Waals surface area contributed by atoms with E-state index in [9.17, 15) is 9.18 Å². The van der Waals surface area contributed by atoms with Gasteiger partial charge < -0.3 is 15.0 Å². The van der Waals surface area contributed by atoms with Crippen LogP contribution in [0.4, 0.5) is 4.39 Å². The van der Waals surface area contributed by atoms with Gasteiger partial charge in [0.25, 0.3) is 0 Å². The molecule has 5 heteroatoms. The van der Waals surface area contributed by atoms with E-state index in [0.717, 1.165) is 19.5 Å². The summed E-state index contributed by atoms with van der Waals surface area (Å²) in [6.45, 7) is 2.54. The summed E-state index contributed by atoms with van der Waals surface area (Å²) in [7, 11) is 1.77. The predicted octanol–water partition coefficient (Wildman–Crippen LogP) is 1.27. The first-order valence-electron chi connectivity index (χ1n) is 6.51. The highest BCUT2D eigenvalue weighted by Gasteiger charge is 2.24. The molecule has 0 radical (unpaired) electrons. The van der Waals surface area contributed by atoms with E-state index >= 15 is 0 Å². The minimum Gasteiger partial charge on any atom is -0.492 e. The van der Waals surface area contributed by atoms with Gasteiger partial charge in [-0.05, 0) is 25.1 Å². The third-order valence-corrected chi connectivity index (χ3v) is 3.28. The van der Waals surface area contributed by atoms with Crippen LogP contribution in [-0.2, 0) is 4.79 Å². The Bertz CT molecular complexity index is 433. The van der Waals surface area contributed by atoms with Crippen molar-refractivity contribution < 1.29 is 13.9 Å². The average Bonchev–Trinajstić information content (AvgIpc) is 2.91. The van der Waals surface area contributed by atoms with Crippen molar-refractivity contribution in [3.8, 4) is 5.75 Å². The summed E-state index contributed by atoms with van der Waals surface area (Å²) in [6, 6.07) is 6.01. The van der Waals surface area contributed by atoms with Gasteiger partial charge in [-0.2, -0.15) is 0 Å². The predicted molar refractivity (Wildman–Crippen MR) is 70.5 cm³/mol. The lowest BCUT2D eigenvalue weighted by Crippen LogP contribution is -2.36. The standard InChI is InChI=1S/C14H19FN2O2/c1-17(14(18)11-5-6-16-10-11)7-8-19-13-4-2-3-12(15)9-13/h2-4,9,11,16H,5-8,10H2,1H3. The zero-order valence-electron chi connectivity index (χ0n) is 11.1. The van der Waals surface area contributed by atoms with Crippen LogP contribution in [0, 0.1) is 11.7 Å². The zero-order chi connectivity index (χ0) is 13.7. The second kappa shape index (κ2) is 6.52. The third-order valence-electron chi connectivity index (χ3n) is 3.28. The molecule has 0 saturated carbocycles. The van der Waals surface area contributed by atoms with Crippen LogP contribution in [-0.4, -0.2) is 44.1 Å². The molecule has 1 aromatic carbocycles. The number of nitrogens with zero attached hydrogens (tertiary/aromatic N) is 1. The van der Waals surface area contributed by atoms with E-state index < -0.39 is 0 Å². The van der Waals surface area contributed by atoms with Crippen LogP contribution in [0.1, 0.15) is 6.42 Å². The zero-order valence-corrected chi connectivity index (χ0v) is 11.1. The first-order chi connectivity index (χ1) is 9.16. The Morgan fingerprint density at radius 2 is 2.42 bits per heavy atom. The lowest BCUT2D eigenvalue weighted by molar-refractivity contribution is -0.133. The number of amides is 1. The van der Waals surface area contributed by atoms with Gasteiger partial charge in [0.05, 0.1) is 12.5 Å². The highest BCUT2D eigenvalue weighted by atomic mass is 19.1. The van der Waals surface area contributed by atoms with Crippen molar-refractivity contribution in [3.05, 3.63) is 30.1 Å². The summed E-state index contributed by atoms with van der Waals surface area (Å²) in [6.07, 6.45) is 0.897. The van der Waals surface area contributed by atoms with Crippen molar-refractivity contribution >= 4 is 5.91 Å². The molecule has 1 amide bonds. The molecule has 0 aromatic heterocycles. The second-order valence-electron chi connectivity index (χ2n) is 4.76. The van der Waals surface area contributed by atoms with Gasteiger partial charge in [-0.1, -0.05) is 6.07 Å². The molecular formula is C14H19FN2O2. The van der Waals surface area contributed by atoms with E-state index in [-0.39, 0.29) is 17.6 Å². The Balaban J connectivity index is 1.74. The minimum atomic E-state index is -0.320. The van der Waals surface area contributed by atoms with Crippen LogP contribution in [0.15, 0.2) is 24.3 Å². The molecule has 0 bridgehead atoms. The number of benzene rings is 1. The largest absolute Gasteiger partial charge is 0.492 e. The molecule has 0 aliphatic carbocycles. The summed E-state index contributed by atoms with van der Waals surface area (Å²) < 4.78 is 18.4. The maximum absolute atomic E-state index is 12.9. The highest BCUT2D eigenvalue weighted by molar-refractivity contribution is 5.79. The molecule has 19 heavy (non-hydrogen) atoms. The van der Waals surface area contributed by atoms with Gasteiger partial charge >= 0.3 is 0 Å². The monoisotopic (exact) mass is 266 g/mol. The lowest BCUT2D eigenvalue weighted by atomic mass is 10.1. The Labute approximate surface area is 112 Å². The summed E-state index contributed by atoms with van der Waals surface area (Å²) in [4.78, 5) is 13.7. The van der Waals surface area contributed by atoms with Gasteiger partial charge in [0, 0.05) is 19.7 Å². The van der Waals surface area contributed by atoms with E-state index in [1.807, 2.05) is 0 Å². The molecule has 0 spiro atoms. The highest BCUT2D eigenvalue weighted by Crippen LogP contribution is 2.13. The number of halogens is 1. The lowest BCUT2D eigenvalue weighted by Gasteiger charge is -2.20. The van der Waals surface area contributed by atoms with Crippen molar-refractivity contribution in [1.82, 2.24) is 10.2 Å². The van der Waals surface area contributed by atoms with Crippen molar-refractivity contribution in [2.45, 2.75) is 6.42 Å². The average molecular weight is 266 g/mol. The molecule has 2 rings (SSSR count). The van der Waals surface area contributed by atoms with Crippen LogP contribution >= 0.6 is 0 Å². The Hall–Kier alpha value is -1.62. The smallest absolute Gasteiger partial charge is 0.226 e. The normalized spacial score (nSPS) is 18.3. The fourth-order valence-corrected chi connectivity index (χ4v) is 2.14. The summed E-state index contributed by atoms with van der Waals surface area (Å²) in [5.41, 5.74) is 0. The fraction of sp³-hybridized carbons (Fsp3) is 0.500. The second-order valence-corrected chi connectivity index (χ2v) is 4.76. The minimum absolute atomic E-state index is 0.0826. The van der Waals surface area contributed by atoms with Gasteiger partial charge in [0.2, 0.25) is 5.91 Å². The molecule has 1 heterocycles. The van der Waals surface area contributed by atoms with Crippen LogP contribution in [0.5, 0.6) is 5.75 Å². The van der Waals surface area contributed by atoms with Gasteiger partial charge in [0.1, 0.15) is 18.2 Å². The van der Waals surface area contributed by atoms with Crippen LogP contribution in [0.2, 0.25) is 0 Å². The number of ether oxygens (including phenoxy) is 1. The van der Waals surface area contributed by atoms with Gasteiger partial charge in [0.15, 0.2) is 0 Å². The Morgan fingerprint density at radius 3 is 3.11 bits per heavy atom. The SMILES string of the molecule is CN(CCOc1cccc(F)c1)C(=O)C1CCNC1. The number of rotatable bonds is 5. The summed E-state index contributed by atoms with van der Waals surface area (Å²) in [5, 5.41) is 3.18. The fourth-order valence-electron chi connectivity index (χ4n) is 2.14. The Kier molecular flexibility index (Phi) is 4.74. The van der Waals surface area contributed by atoms with Crippen molar-refractivity contribution in [2.75, 3.05) is 33.3 Å². The molecule has 1 unspecified atom stereocenters. The third kappa shape index (κ3) is 3.92. The molecule has 1 atom stereocenters. The number of hydrogen-bond donors (Lipinski definition) is 1. The maximum Gasteiger partial charge on any atom is 0.226 e. The van der Waals surface area contributed by atoms with Gasteiger partial charge in [-0.3, -0.25) is 4.79 Å². The van der Waals surface area contributed by atoms with E-state index in [0.29, 0.717) is 18.9 Å². The molecule has 1 fully saturated rings. The van der Waals surface area contributed by atoms with Crippen LogP contribution in [0.3, 0.4) is 0 Å². The first-order valence-corrected chi connectivity index (χ1v) is 6.51. The summed E-state index contributed by atoms with van der Waals surface area (Å²) >= 11 is 0. The van der Waals surface area contributed by atoms with Crippen LogP contribution in [0.25, 0.3) is 0 Å². The first kappa shape index (κ1) is 13.8. The molecule has 1 saturated heterocycles. The van der Waals surface area contributed by atoms with Gasteiger partial charge in [-0.15, -0.1) is 0 Å². The number of hydrogen-bond acceptors (Lipinski definition) is 3. The molecule has 1 N–H and O–H groups in total. The van der Waals surface area contributed by atoms with Crippen molar-refractivity contribution in [2.24, 2.45) is 5.92 Å². The molecule has 104 valence electrons. The summed E-state index contributed by atoms with van der Waals surface area (Å²) in [5.74, 6) is 0.398. The number of likely N-dealkylation sites (N-methyl/N-ethyl adjacent to an activating group) is 1. The number of carbonyl (C=O) groups excluding carboxylic acids is 1. The number of carbonyl (C=O) groups is 1. The molecule has 4 nitrogen and oxygen atoms in total. The van der Waals surface area contributed by atoms with E-state index in [2.05, 4.69) is 5.32 Å². The topological polar surface area (TPSA) is 41.6 Å². The number of nitrogens with one attached hydrogen (secondary N) is 1. The van der Waals surface area contributed by atoms with Crippen molar-refractivity contribution in [1.29, 1.82) is 0 Å². The van der Waals surface area contributed by atoms with E-state index in [1.165, 1.54) is 12.1 Å². The molecule has 1 aromatic rings. The molecule has 1 aliphatic rings. The van der Waals surface area contributed by atoms with Gasteiger partial charge in [-0.25, -0.2) is 4.39 Å². The Morgan fingerprint density at radius 1 is 1.58 bits per heavy atom. The van der Waals surface area contributed by atoms with E-state index in [4.69, 9.17) is 4.74 Å². The van der Waals surface area contributed by atoms with Crippen LogP contribution < -0.4 is 10.1 Å². The van der Waals surface area contributed by atoms with Crippen molar-refractivity contribution in [3.63, 3.8) is 0 Å². The molecular weight excluding hydrogens is 247 g/mol. The van der Waals surface area contributed by atoms with E-state index in [1.54, 1.807) is 24.1 Å². The maximum atomic E-state index is 12.9. The quantitative estimate of drug-likeness (QED) is 0.872. The molecule has 1 aliphatic heterocycles.